The van der Waals surface area contributed by atoms with E-state index in [0.29, 0.717) is 24.4 Å². The first-order chi connectivity index (χ1) is 9.20. The van der Waals surface area contributed by atoms with E-state index in [9.17, 15) is 0 Å². The highest BCUT2D eigenvalue weighted by Gasteiger charge is 2.14. The third-order valence-electron chi connectivity index (χ3n) is 2.96. The SMILES string of the molecule is CCOc1nnc(CN[C@H](C)[C@H](C)n2cccn2)s1. The molecule has 0 aliphatic rings. The Bertz CT molecular complexity index is 484. The van der Waals surface area contributed by atoms with Gasteiger partial charge in [0.15, 0.2) is 0 Å². The monoisotopic (exact) mass is 281 g/mol. The van der Waals surface area contributed by atoms with E-state index in [-0.39, 0.29) is 6.04 Å². The molecule has 6 nitrogen and oxygen atoms in total. The van der Waals surface area contributed by atoms with Crippen LogP contribution in [0.2, 0.25) is 0 Å². The van der Waals surface area contributed by atoms with Crippen molar-refractivity contribution in [1.29, 1.82) is 0 Å². The van der Waals surface area contributed by atoms with Gasteiger partial charge in [0.1, 0.15) is 5.01 Å². The van der Waals surface area contributed by atoms with E-state index >= 15 is 0 Å². The fourth-order valence-electron chi connectivity index (χ4n) is 1.66. The molecule has 7 heteroatoms. The van der Waals surface area contributed by atoms with Gasteiger partial charge in [-0.15, -0.1) is 10.2 Å². The number of hydrogen-bond acceptors (Lipinski definition) is 6. The van der Waals surface area contributed by atoms with Gasteiger partial charge in [-0.2, -0.15) is 5.10 Å². The molecule has 0 bridgehead atoms. The molecular formula is C12H19N5OS. The number of nitrogens with zero attached hydrogens (tertiary/aromatic N) is 4. The average molecular weight is 281 g/mol. The fourth-order valence-corrected chi connectivity index (χ4v) is 2.36. The average Bonchev–Trinajstić information content (AvgIpc) is 3.06. The highest BCUT2D eigenvalue weighted by Crippen LogP contribution is 2.18. The summed E-state index contributed by atoms with van der Waals surface area (Å²) in [4.78, 5) is 0. The number of nitrogens with one attached hydrogen (secondary N) is 1. The Morgan fingerprint density at radius 3 is 2.95 bits per heavy atom. The van der Waals surface area contributed by atoms with Gasteiger partial charge in [-0.25, -0.2) is 0 Å². The Balaban J connectivity index is 1.84. The molecule has 0 aromatic carbocycles. The lowest BCUT2D eigenvalue weighted by molar-refractivity contribution is 0.335. The maximum Gasteiger partial charge on any atom is 0.294 e. The van der Waals surface area contributed by atoms with Crippen LogP contribution in [0.5, 0.6) is 5.19 Å². The van der Waals surface area contributed by atoms with Gasteiger partial charge in [-0.1, -0.05) is 11.3 Å². The molecule has 0 spiro atoms. The number of ether oxygens (including phenoxy) is 1. The maximum atomic E-state index is 5.30. The largest absolute Gasteiger partial charge is 0.469 e. The van der Waals surface area contributed by atoms with Crippen LogP contribution in [-0.4, -0.2) is 32.6 Å². The number of rotatable bonds is 7. The lowest BCUT2D eigenvalue weighted by Crippen LogP contribution is -2.33. The molecule has 0 unspecified atom stereocenters. The molecular weight excluding hydrogens is 262 g/mol. The van der Waals surface area contributed by atoms with Gasteiger partial charge in [0.05, 0.1) is 19.2 Å². The van der Waals surface area contributed by atoms with Crippen LogP contribution >= 0.6 is 11.3 Å². The van der Waals surface area contributed by atoms with E-state index in [2.05, 4.69) is 34.5 Å². The summed E-state index contributed by atoms with van der Waals surface area (Å²) in [6, 6.07) is 2.51. The Kier molecular flexibility index (Phi) is 4.86. The zero-order valence-electron chi connectivity index (χ0n) is 11.4. The minimum Gasteiger partial charge on any atom is -0.469 e. The molecule has 0 saturated carbocycles. The summed E-state index contributed by atoms with van der Waals surface area (Å²) in [7, 11) is 0. The first-order valence-electron chi connectivity index (χ1n) is 6.38. The Morgan fingerprint density at radius 2 is 2.26 bits per heavy atom. The molecule has 0 aliphatic carbocycles. The standard InChI is InChI=1S/C12H19N5OS/c1-4-18-12-16-15-11(19-12)8-13-9(2)10(3)17-7-5-6-14-17/h5-7,9-10,13H,4,8H2,1-3H3/t9-,10+/m1/s1. The van der Waals surface area contributed by atoms with E-state index in [1.165, 1.54) is 11.3 Å². The molecule has 19 heavy (non-hydrogen) atoms. The number of hydrogen-bond donors (Lipinski definition) is 1. The van der Waals surface area contributed by atoms with Crippen LogP contribution in [0, 0.1) is 0 Å². The zero-order valence-corrected chi connectivity index (χ0v) is 12.2. The summed E-state index contributed by atoms with van der Waals surface area (Å²) in [5.74, 6) is 0. The van der Waals surface area contributed by atoms with Crippen molar-refractivity contribution >= 4 is 11.3 Å². The topological polar surface area (TPSA) is 64.9 Å². The van der Waals surface area contributed by atoms with Gasteiger partial charge >= 0.3 is 0 Å². The quantitative estimate of drug-likeness (QED) is 0.839. The van der Waals surface area contributed by atoms with Crippen LogP contribution in [0.15, 0.2) is 18.5 Å². The third-order valence-corrected chi connectivity index (χ3v) is 3.79. The van der Waals surface area contributed by atoms with Crippen LogP contribution in [0.4, 0.5) is 0 Å². The van der Waals surface area contributed by atoms with Crippen LogP contribution < -0.4 is 10.1 Å². The number of aromatic nitrogens is 4. The molecule has 2 aromatic heterocycles. The first kappa shape index (κ1) is 14.0. The van der Waals surface area contributed by atoms with Crippen molar-refractivity contribution in [2.45, 2.75) is 39.4 Å². The second kappa shape index (κ2) is 6.63. The van der Waals surface area contributed by atoms with Gasteiger partial charge < -0.3 is 10.1 Å². The zero-order chi connectivity index (χ0) is 13.7. The molecule has 2 rings (SSSR count). The summed E-state index contributed by atoms with van der Waals surface area (Å²) < 4.78 is 7.25. The Labute approximate surface area is 116 Å². The summed E-state index contributed by atoms with van der Waals surface area (Å²) >= 11 is 1.48. The summed E-state index contributed by atoms with van der Waals surface area (Å²) in [6.45, 7) is 7.52. The molecule has 0 aliphatic heterocycles. The fraction of sp³-hybridized carbons (Fsp3) is 0.583. The third kappa shape index (κ3) is 3.74. The lowest BCUT2D eigenvalue weighted by Gasteiger charge is -2.21. The summed E-state index contributed by atoms with van der Waals surface area (Å²) in [5.41, 5.74) is 0. The smallest absolute Gasteiger partial charge is 0.294 e. The van der Waals surface area contributed by atoms with Gasteiger partial charge in [0.25, 0.3) is 5.19 Å². The predicted molar refractivity (Wildman–Crippen MR) is 74.3 cm³/mol. The van der Waals surface area contributed by atoms with E-state index in [0.717, 1.165) is 5.01 Å². The predicted octanol–water partition coefficient (Wildman–Crippen LogP) is 1.87. The van der Waals surface area contributed by atoms with Crippen LogP contribution in [0.25, 0.3) is 0 Å². The van der Waals surface area contributed by atoms with Crippen molar-refractivity contribution < 1.29 is 4.74 Å². The summed E-state index contributed by atoms with van der Waals surface area (Å²) in [5, 5.41) is 17.3. The van der Waals surface area contributed by atoms with Crippen LogP contribution in [0.3, 0.4) is 0 Å². The van der Waals surface area contributed by atoms with Crippen molar-refractivity contribution in [1.82, 2.24) is 25.3 Å². The van der Waals surface area contributed by atoms with Crippen molar-refractivity contribution in [3.8, 4) is 5.19 Å². The molecule has 0 fully saturated rings. The normalized spacial score (nSPS) is 14.3. The maximum absolute atomic E-state index is 5.30. The van der Waals surface area contributed by atoms with Gasteiger partial charge in [0.2, 0.25) is 0 Å². The second-order valence-electron chi connectivity index (χ2n) is 4.29. The molecule has 2 aromatic rings. The van der Waals surface area contributed by atoms with E-state index in [4.69, 9.17) is 4.74 Å². The van der Waals surface area contributed by atoms with Crippen molar-refractivity contribution in [3.05, 3.63) is 23.5 Å². The van der Waals surface area contributed by atoms with Crippen LogP contribution in [-0.2, 0) is 6.54 Å². The molecule has 0 radical (unpaired) electrons. The molecule has 0 saturated heterocycles. The Hall–Kier alpha value is -1.47. The first-order valence-corrected chi connectivity index (χ1v) is 7.20. The summed E-state index contributed by atoms with van der Waals surface area (Å²) in [6.07, 6.45) is 3.77. The molecule has 2 heterocycles. The van der Waals surface area contributed by atoms with Crippen molar-refractivity contribution in [2.75, 3.05) is 6.61 Å². The van der Waals surface area contributed by atoms with Gasteiger partial charge in [-0.3, -0.25) is 4.68 Å². The van der Waals surface area contributed by atoms with Crippen molar-refractivity contribution in [3.63, 3.8) is 0 Å². The lowest BCUT2D eigenvalue weighted by atomic mass is 10.2. The van der Waals surface area contributed by atoms with E-state index in [1.54, 1.807) is 6.20 Å². The minimum absolute atomic E-state index is 0.286. The van der Waals surface area contributed by atoms with Crippen molar-refractivity contribution in [2.24, 2.45) is 0 Å². The molecule has 0 amide bonds. The van der Waals surface area contributed by atoms with E-state index < -0.39 is 0 Å². The highest BCUT2D eigenvalue weighted by atomic mass is 32.1. The second-order valence-corrected chi connectivity index (χ2v) is 5.32. The van der Waals surface area contributed by atoms with E-state index in [1.807, 2.05) is 23.9 Å². The highest BCUT2D eigenvalue weighted by molar-refractivity contribution is 7.13. The minimum atomic E-state index is 0.286. The molecule has 104 valence electrons. The molecule has 2 atom stereocenters. The van der Waals surface area contributed by atoms with Gasteiger partial charge in [0, 0.05) is 18.4 Å². The van der Waals surface area contributed by atoms with Gasteiger partial charge in [-0.05, 0) is 26.8 Å². The molecule has 1 N–H and O–H groups in total. The van der Waals surface area contributed by atoms with Crippen LogP contribution in [0.1, 0.15) is 31.8 Å². The Morgan fingerprint density at radius 1 is 1.42 bits per heavy atom.